The maximum atomic E-state index is 13.3. The van der Waals surface area contributed by atoms with Gasteiger partial charge in [-0.05, 0) is 68.9 Å². The lowest BCUT2D eigenvalue weighted by atomic mass is 9.97. The molecule has 35 heavy (non-hydrogen) atoms. The van der Waals surface area contributed by atoms with Crippen LogP contribution in [0.3, 0.4) is 0 Å². The van der Waals surface area contributed by atoms with Crippen LogP contribution in [0.15, 0.2) is 34.7 Å². The van der Waals surface area contributed by atoms with Crippen molar-refractivity contribution in [3.63, 3.8) is 0 Å². The van der Waals surface area contributed by atoms with Crippen molar-refractivity contribution < 1.29 is 22.7 Å². The molecule has 1 aromatic carbocycles. The Morgan fingerprint density at radius 2 is 1.97 bits per heavy atom. The molecule has 0 atom stereocenters. The van der Waals surface area contributed by atoms with E-state index in [1.54, 1.807) is 16.9 Å². The molecule has 1 aromatic rings. The molecule has 0 spiro atoms. The molecular formula is C24H32N4O5S2. The van der Waals surface area contributed by atoms with Crippen LogP contribution in [0.4, 0.5) is 5.69 Å². The molecule has 1 fully saturated rings. The second-order valence-corrected chi connectivity index (χ2v) is 11.6. The molecule has 2 heterocycles. The smallest absolute Gasteiger partial charge is 0.265 e. The number of benzene rings is 1. The summed E-state index contributed by atoms with van der Waals surface area (Å²) in [4.78, 5) is 27.3. The van der Waals surface area contributed by atoms with Crippen LogP contribution in [-0.2, 0) is 19.4 Å². The largest absolute Gasteiger partial charge is 0.482 e. The fraction of sp³-hybridized carbons (Fsp3) is 0.542. The Kier molecular flexibility index (Phi) is 7.95. The molecule has 2 amide bonds. The van der Waals surface area contributed by atoms with Crippen molar-refractivity contribution in [3.05, 3.63) is 29.8 Å². The van der Waals surface area contributed by atoms with Gasteiger partial charge < -0.3 is 10.1 Å². The number of allylic oxidation sites excluding steroid dienone is 1. The Balaban J connectivity index is 1.43. The van der Waals surface area contributed by atoms with E-state index in [-0.39, 0.29) is 35.4 Å². The molecule has 2 aliphatic heterocycles. The Morgan fingerprint density at radius 3 is 2.71 bits per heavy atom. The van der Waals surface area contributed by atoms with Crippen LogP contribution in [0.25, 0.3) is 0 Å². The van der Waals surface area contributed by atoms with E-state index >= 15 is 0 Å². The van der Waals surface area contributed by atoms with E-state index in [2.05, 4.69) is 11.4 Å². The topological polar surface area (TPSA) is 99.3 Å². The van der Waals surface area contributed by atoms with Crippen molar-refractivity contribution in [2.45, 2.75) is 50.3 Å². The standard InChI is InChI=1S/C24H32N4O5S2/c1-2-35(31,32)19-9-10-21-20(15-19)26(23(30)17-33-21)16-22(29)27-13-6-14-28(27)24(34)25-12-11-18-7-4-3-5-8-18/h7,9-10,15H,2-6,8,11-14,16-17H2,1H3,(H,25,34). The Morgan fingerprint density at radius 1 is 1.17 bits per heavy atom. The van der Waals surface area contributed by atoms with Crippen molar-refractivity contribution >= 4 is 44.7 Å². The summed E-state index contributed by atoms with van der Waals surface area (Å²) in [6, 6.07) is 4.40. The number of carbonyl (C=O) groups is 2. The zero-order valence-electron chi connectivity index (χ0n) is 20.0. The SMILES string of the molecule is CCS(=O)(=O)c1ccc2c(c1)N(CC(=O)N1CCCN1C(=S)NCCC1=CCCCC1)C(=O)CO2. The number of carbonyl (C=O) groups excluding carboxylic acids is 2. The lowest BCUT2D eigenvalue weighted by molar-refractivity contribution is -0.138. The van der Waals surface area contributed by atoms with Crippen molar-refractivity contribution in [2.75, 3.05) is 43.4 Å². The molecule has 0 bridgehead atoms. The lowest BCUT2D eigenvalue weighted by Crippen LogP contribution is -2.53. The molecule has 4 rings (SSSR count). The predicted octanol–water partition coefficient (Wildman–Crippen LogP) is 2.42. The van der Waals surface area contributed by atoms with E-state index in [0.717, 1.165) is 25.7 Å². The summed E-state index contributed by atoms with van der Waals surface area (Å²) in [6.07, 6.45) is 8.79. The maximum absolute atomic E-state index is 13.3. The molecular weight excluding hydrogens is 488 g/mol. The molecule has 9 nitrogen and oxygen atoms in total. The van der Waals surface area contributed by atoms with Crippen LogP contribution in [0, 0.1) is 0 Å². The zero-order valence-corrected chi connectivity index (χ0v) is 21.6. The Hall–Kier alpha value is -2.66. The highest BCUT2D eigenvalue weighted by Crippen LogP contribution is 2.34. The number of fused-ring (bicyclic) bond motifs is 1. The van der Waals surface area contributed by atoms with E-state index < -0.39 is 15.7 Å². The van der Waals surface area contributed by atoms with Gasteiger partial charge in [0.25, 0.3) is 11.8 Å². The molecule has 0 aromatic heterocycles. The Bertz CT molecular complexity index is 1130. The van der Waals surface area contributed by atoms with Gasteiger partial charge in [0.2, 0.25) is 0 Å². The normalized spacial score (nSPS) is 18.1. The minimum atomic E-state index is -3.48. The number of hydrogen-bond acceptors (Lipinski definition) is 6. The summed E-state index contributed by atoms with van der Waals surface area (Å²) in [5.41, 5.74) is 1.74. The van der Waals surface area contributed by atoms with E-state index in [0.29, 0.717) is 30.5 Å². The zero-order chi connectivity index (χ0) is 25.0. The minimum absolute atomic E-state index is 0.0655. The second-order valence-electron chi connectivity index (χ2n) is 8.89. The highest BCUT2D eigenvalue weighted by Gasteiger charge is 2.34. The number of hydrazine groups is 1. The van der Waals surface area contributed by atoms with E-state index in [9.17, 15) is 18.0 Å². The van der Waals surface area contributed by atoms with Gasteiger partial charge in [0.05, 0.1) is 16.3 Å². The van der Waals surface area contributed by atoms with E-state index in [1.807, 2.05) is 0 Å². The third-order valence-electron chi connectivity index (χ3n) is 6.57. The first kappa shape index (κ1) is 25.4. The summed E-state index contributed by atoms with van der Waals surface area (Å²) in [7, 11) is -3.48. The molecule has 0 unspecified atom stereocenters. The number of ether oxygens (including phenoxy) is 1. The molecule has 11 heteroatoms. The summed E-state index contributed by atoms with van der Waals surface area (Å²) >= 11 is 5.57. The summed E-state index contributed by atoms with van der Waals surface area (Å²) in [5, 5.41) is 7.10. The number of sulfone groups is 1. The summed E-state index contributed by atoms with van der Waals surface area (Å²) in [5.74, 6) is -0.375. The predicted molar refractivity (Wildman–Crippen MR) is 137 cm³/mol. The highest BCUT2D eigenvalue weighted by molar-refractivity contribution is 7.91. The van der Waals surface area contributed by atoms with Gasteiger partial charge in [0.1, 0.15) is 12.3 Å². The monoisotopic (exact) mass is 520 g/mol. The first-order chi connectivity index (χ1) is 16.8. The first-order valence-corrected chi connectivity index (χ1v) is 14.2. The molecule has 0 radical (unpaired) electrons. The number of amides is 2. The molecule has 190 valence electrons. The van der Waals surface area contributed by atoms with Crippen molar-refractivity contribution in [1.29, 1.82) is 0 Å². The van der Waals surface area contributed by atoms with E-state index in [4.69, 9.17) is 17.0 Å². The van der Waals surface area contributed by atoms with Crippen LogP contribution in [0.5, 0.6) is 5.75 Å². The number of nitrogens with one attached hydrogen (secondary N) is 1. The molecule has 3 aliphatic rings. The van der Waals surface area contributed by atoms with Crippen molar-refractivity contribution in [2.24, 2.45) is 0 Å². The molecule has 0 saturated carbocycles. The molecule has 1 saturated heterocycles. The number of anilines is 1. The molecule has 1 N–H and O–H groups in total. The van der Waals surface area contributed by atoms with E-state index in [1.165, 1.54) is 41.5 Å². The van der Waals surface area contributed by atoms with Crippen LogP contribution < -0.4 is 15.0 Å². The number of thiocarbonyl (C=S) groups is 1. The van der Waals surface area contributed by atoms with Crippen LogP contribution in [0.1, 0.15) is 45.4 Å². The first-order valence-electron chi connectivity index (χ1n) is 12.1. The van der Waals surface area contributed by atoms with Gasteiger partial charge in [-0.15, -0.1) is 0 Å². The third kappa shape index (κ3) is 5.78. The van der Waals surface area contributed by atoms with Crippen LogP contribution in [-0.4, -0.2) is 73.9 Å². The summed E-state index contributed by atoms with van der Waals surface area (Å²) < 4.78 is 30.2. The van der Waals surface area contributed by atoms with Gasteiger partial charge in [-0.3, -0.25) is 24.5 Å². The lowest BCUT2D eigenvalue weighted by Gasteiger charge is -2.34. The van der Waals surface area contributed by atoms with Gasteiger partial charge in [0, 0.05) is 19.6 Å². The highest BCUT2D eigenvalue weighted by atomic mass is 32.2. The van der Waals surface area contributed by atoms with Gasteiger partial charge in [-0.1, -0.05) is 18.6 Å². The fourth-order valence-electron chi connectivity index (χ4n) is 4.57. The van der Waals surface area contributed by atoms with Gasteiger partial charge >= 0.3 is 0 Å². The average molecular weight is 521 g/mol. The third-order valence-corrected chi connectivity index (χ3v) is 8.65. The number of nitrogens with zero attached hydrogens (tertiary/aromatic N) is 3. The fourth-order valence-corrected chi connectivity index (χ4v) is 5.76. The minimum Gasteiger partial charge on any atom is -0.482 e. The molecule has 1 aliphatic carbocycles. The van der Waals surface area contributed by atoms with Crippen molar-refractivity contribution in [1.82, 2.24) is 15.3 Å². The number of rotatable bonds is 7. The van der Waals surface area contributed by atoms with Crippen molar-refractivity contribution in [3.8, 4) is 5.75 Å². The van der Waals surface area contributed by atoms with Gasteiger partial charge in [-0.2, -0.15) is 0 Å². The number of hydrogen-bond donors (Lipinski definition) is 1. The Labute approximate surface area is 212 Å². The van der Waals surface area contributed by atoms with Crippen LogP contribution >= 0.6 is 12.2 Å². The van der Waals surface area contributed by atoms with Gasteiger partial charge in [0.15, 0.2) is 21.6 Å². The summed E-state index contributed by atoms with van der Waals surface area (Å²) in [6.45, 7) is 2.96. The average Bonchev–Trinajstić information content (AvgIpc) is 3.36. The van der Waals surface area contributed by atoms with Gasteiger partial charge in [-0.25, -0.2) is 8.42 Å². The quantitative estimate of drug-likeness (QED) is 0.432. The van der Waals surface area contributed by atoms with Crippen LogP contribution in [0.2, 0.25) is 0 Å². The second kappa shape index (κ2) is 10.9. The maximum Gasteiger partial charge on any atom is 0.265 e.